The van der Waals surface area contributed by atoms with Crippen molar-refractivity contribution in [3.05, 3.63) is 77.2 Å². The van der Waals surface area contributed by atoms with Gasteiger partial charge >= 0.3 is 6.01 Å². The van der Waals surface area contributed by atoms with E-state index in [2.05, 4.69) is 20.1 Å². The molecule has 2 aromatic carbocycles. The molecule has 1 saturated heterocycles. The van der Waals surface area contributed by atoms with Crippen LogP contribution in [0.1, 0.15) is 40.2 Å². The molecular formula is C24H27N5O3. The minimum Gasteiger partial charge on any atom is -0.406 e. The molecular weight excluding hydrogens is 406 g/mol. The third kappa shape index (κ3) is 4.86. The van der Waals surface area contributed by atoms with Gasteiger partial charge in [0, 0.05) is 38.3 Å². The van der Waals surface area contributed by atoms with E-state index in [1.165, 1.54) is 0 Å². The Morgan fingerprint density at radius 1 is 1.03 bits per heavy atom. The van der Waals surface area contributed by atoms with Gasteiger partial charge in [0.2, 0.25) is 11.9 Å². The molecule has 8 nitrogen and oxygen atoms in total. The lowest BCUT2D eigenvalue weighted by Gasteiger charge is -2.32. The summed E-state index contributed by atoms with van der Waals surface area (Å²) in [6, 6.07) is 17.0. The summed E-state index contributed by atoms with van der Waals surface area (Å²) in [6.07, 6.45) is 0. The summed E-state index contributed by atoms with van der Waals surface area (Å²) in [7, 11) is 3.87. The first-order chi connectivity index (χ1) is 15.5. The third-order valence-corrected chi connectivity index (χ3v) is 5.37. The summed E-state index contributed by atoms with van der Waals surface area (Å²) < 4.78 is 11.3. The quantitative estimate of drug-likeness (QED) is 0.347. The molecule has 32 heavy (non-hydrogen) atoms. The number of aromatic nitrogens is 2. The predicted octanol–water partition coefficient (Wildman–Crippen LogP) is 3.33. The molecule has 166 valence electrons. The molecule has 4 rings (SSSR count). The van der Waals surface area contributed by atoms with Crippen molar-refractivity contribution in [3.8, 4) is 0 Å². The second-order valence-electron chi connectivity index (χ2n) is 7.87. The lowest BCUT2D eigenvalue weighted by molar-refractivity contribution is 0.0637. The van der Waals surface area contributed by atoms with Gasteiger partial charge in [-0.05, 0) is 18.6 Å². The first-order valence-corrected chi connectivity index (χ1v) is 10.6. The van der Waals surface area contributed by atoms with Gasteiger partial charge in [-0.1, -0.05) is 53.6 Å². The lowest BCUT2D eigenvalue weighted by Crippen LogP contribution is -2.46. The van der Waals surface area contributed by atoms with Crippen molar-refractivity contribution in [2.45, 2.75) is 12.8 Å². The maximum atomic E-state index is 12.8. The van der Waals surface area contributed by atoms with Crippen molar-refractivity contribution >= 4 is 17.8 Å². The maximum Gasteiger partial charge on any atom is 0.345 e. The van der Waals surface area contributed by atoms with Gasteiger partial charge in [-0.25, -0.2) is 0 Å². The molecule has 0 spiro atoms. The number of guanidine groups is 1. The SMILES string of the molecule is CC(c1cccc(C(=O)c2ccccc2)c1)c1nnc(/N=C(\N(C)C)N2CCOCC2)o1. The largest absolute Gasteiger partial charge is 0.406 e. The first-order valence-electron chi connectivity index (χ1n) is 10.6. The molecule has 3 aromatic rings. The number of carbonyl (C=O) groups is 1. The highest BCUT2D eigenvalue weighted by molar-refractivity contribution is 6.09. The van der Waals surface area contributed by atoms with Gasteiger partial charge in [-0.2, -0.15) is 4.99 Å². The van der Waals surface area contributed by atoms with Gasteiger partial charge in [-0.15, -0.1) is 5.10 Å². The highest BCUT2D eigenvalue weighted by atomic mass is 16.5. The molecule has 0 bridgehead atoms. The van der Waals surface area contributed by atoms with Crippen LogP contribution in [0.15, 0.2) is 64.0 Å². The van der Waals surface area contributed by atoms with Crippen LogP contribution in [0.3, 0.4) is 0 Å². The van der Waals surface area contributed by atoms with Crippen LogP contribution in [0.4, 0.5) is 6.01 Å². The van der Waals surface area contributed by atoms with Gasteiger partial charge < -0.3 is 19.0 Å². The van der Waals surface area contributed by atoms with E-state index in [-0.39, 0.29) is 17.7 Å². The minimum absolute atomic E-state index is 0.0170. The molecule has 8 heteroatoms. The van der Waals surface area contributed by atoms with Crippen molar-refractivity contribution in [1.82, 2.24) is 20.0 Å². The Morgan fingerprint density at radius 3 is 2.47 bits per heavy atom. The second-order valence-corrected chi connectivity index (χ2v) is 7.87. The normalized spacial score (nSPS) is 15.5. The fourth-order valence-electron chi connectivity index (χ4n) is 3.60. The highest BCUT2D eigenvalue weighted by Gasteiger charge is 2.21. The van der Waals surface area contributed by atoms with Crippen LogP contribution >= 0.6 is 0 Å². The standard InChI is InChI=1S/C24H27N5O3/c1-17(19-10-7-11-20(16-19)21(30)18-8-5-4-6-9-18)22-26-27-23(32-22)25-24(28(2)3)29-12-14-31-15-13-29/h4-11,16-17H,12-15H2,1-3H3/b25-24+. The maximum absolute atomic E-state index is 12.8. The molecule has 1 aliphatic rings. The fourth-order valence-corrected chi connectivity index (χ4v) is 3.60. The van der Waals surface area contributed by atoms with E-state index in [1.54, 1.807) is 0 Å². The molecule has 1 aromatic heterocycles. The number of carbonyl (C=O) groups excluding carboxylic acids is 1. The van der Waals surface area contributed by atoms with E-state index in [4.69, 9.17) is 9.15 Å². The Balaban J connectivity index is 1.55. The van der Waals surface area contributed by atoms with Crippen LogP contribution in [-0.4, -0.2) is 72.1 Å². The van der Waals surface area contributed by atoms with Crippen molar-refractivity contribution in [1.29, 1.82) is 0 Å². The van der Waals surface area contributed by atoms with E-state index in [0.717, 1.165) is 24.6 Å². The lowest BCUT2D eigenvalue weighted by atomic mass is 9.96. The van der Waals surface area contributed by atoms with E-state index < -0.39 is 0 Å². The Morgan fingerprint density at radius 2 is 1.75 bits per heavy atom. The zero-order chi connectivity index (χ0) is 22.5. The number of hydrogen-bond donors (Lipinski definition) is 0. The van der Waals surface area contributed by atoms with Gasteiger partial charge in [0.25, 0.3) is 0 Å². The van der Waals surface area contributed by atoms with Crippen LogP contribution in [0.2, 0.25) is 0 Å². The van der Waals surface area contributed by atoms with E-state index in [1.807, 2.05) is 80.5 Å². The van der Waals surface area contributed by atoms with Crippen LogP contribution < -0.4 is 0 Å². The predicted molar refractivity (Wildman–Crippen MR) is 121 cm³/mol. The fraction of sp³-hybridized carbons (Fsp3) is 0.333. The molecule has 0 radical (unpaired) electrons. The third-order valence-electron chi connectivity index (χ3n) is 5.37. The number of morpholine rings is 1. The molecule has 1 unspecified atom stereocenters. The average molecular weight is 434 g/mol. The van der Waals surface area contributed by atoms with Crippen LogP contribution in [0.25, 0.3) is 0 Å². The van der Waals surface area contributed by atoms with Gasteiger partial charge in [-0.3, -0.25) is 4.79 Å². The van der Waals surface area contributed by atoms with Gasteiger partial charge in [0.05, 0.1) is 19.1 Å². The Kier molecular flexibility index (Phi) is 6.61. The van der Waals surface area contributed by atoms with Crippen LogP contribution in [0, 0.1) is 0 Å². The Hall–Kier alpha value is -3.52. The number of benzene rings is 2. The second kappa shape index (κ2) is 9.74. The smallest absolute Gasteiger partial charge is 0.345 e. The van der Waals surface area contributed by atoms with Crippen molar-refractivity contribution in [3.63, 3.8) is 0 Å². The van der Waals surface area contributed by atoms with Gasteiger partial charge in [0.15, 0.2) is 5.78 Å². The first kappa shape index (κ1) is 21.7. The molecule has 0 saturated carbocycles. The number of aliphatic imine (C=N–C) groups is 1. The topological polar surface area (TPSA) is 84.1 Å². The van der Waals surface area contributed by atoms with Crippen LogP contribution in [0.5, 0.6) is 0 Å². The molecule has 0 amide bonds. The summed E-state index contributed by atoms with van der Waals surface area (Å²) in [4.78, 5) is 21.5. The van der Waals surface area contributed by atoms with Gasteiger partial charge in [0.1, 0.15) is 0 Å². The number of rotatable bonds is 5. The highest BCUT2D eigenvalue weighted by Crippen LogP contribution is 2.26. The summed E-state index contributed by atoms with van der Waals surface area (Å²) in [5.74, 6) is 1.01. The summed E-state index contributed by atoms with van der Waals surface area (Å²) in [5, 5.41) is 8.34. The zero-order valence-electron chi connectivity index (χ0n) is 18.6. The number of hydrogen-bond acceptors (Lipinski definition) is 6. The Labute approximate surface area is 187 Å². The molecule has 1 fully saturated rings. The molecule has 1 aliphatic heterocycles. The average Bonchev–Trinajstić information content (AvgIpc) is 3.31. The van der Waals surface area contributed by atoms with Crippen molar-refractivity contribution in [2.24, 2.45) is 4.99 Å². The van der Waals surface area contributed by atoms with E-state index in [9.17, 15) is 4.79 Å². The number of ketones is 1. The monoisotopic (exact) mass is 433 g/mol. The molecule has 0 aliphatic carbocycles. The van der Waals surface area contributed by atoms with Crippen LogP contribution in [-0.2, 0) is 4.74 Å². The van der Waals surface area contributed by atoms with E-state index in [0.29, 0.717) is 30.2 Å². The Bertz CT molecular complexity index is 1090. The summed E-state index contributed by atoms with van der Waals surface area (Å²) in [6.45, 7) is 4.82. The van der Waals surface area contributed by atoms with Crippen molar-refractivity contribution in [2.75, 3.05) is 40.4 Å². The molecule has 1 atom stereocenters. The van der Waals surface area contributed by atoms with E-state index >= 15 is 0 Å². The number of nitrogens with zero attached hydrogens (tertiary/aromatic N) is 5. The van der Waals surface area contributed by atoms with Crippen molar-refractivity contribution < 1.29 is 13.9 Å². The molecule has 0 N–H and O–H groups in total. The number of ether oxygens (including phenoxy) is 1. The minimum atomic E-state index is -0.179. The zero-order valence-corrected chi connectivity index (χ0v) is 18.6. The summed E-state index contributed by atoms with van der Waals surface area (Å²) >= 11 is 0. The summed E-state index contributed by atoms with van der Waals surface area (Å²) in [5.41, 5.74) is 2.21. The molecule has 2 heterocycles.